The maximum Gasteiger partial charge on any atom is 0.216 e. The van der Waals surface area contributed by atoms with Crippen molar-refractivity contribution >= 4 is 40.0 Å². The van der Waals surface area contributed by atoms with Gasteiger partial charge in [-0.25, -0.2) is 13.1 Å². The molecule has 0 atom stereocenters. The van der Waals surface area contributed by atoms with Gasteiger partial charge in [0, 0.05) is 26.2 Å². The predicted octanol–water partition coefficient (Wildman–Crippen LogP) is 1.98. The van der Waals surface area contributed by atoms with E-state index in [1.807, 2.05) is 24.3 Å². The number of hydrogen-bond acceptors (Lipinski definition) is 3. The summed E-state index contributed by atoms with van der Waals surface area (Å²) in [6.45, 7) is 8.35. The van der Waals surface area contributed by atoms with E-state index in [0.717, 1.165) is 11.1 Å². The van der Waals surface area contributed by atoms with Crippen molar-refractivity contribution in [2.45, 2.75) is 32.2 Å². The monoisotopic (exact) mass is 466 g/mol. The minimum Gasteiger partial charge on any atom is -0.353 e. The lowest BCUT2D eigenvalue weighted by molar-refractivity contribution is 0.568. The second-order valence-electron chi connectivity index (χ2n) is 5.40. The minimum atomic E-state index is -3.35. The van der Waals surface area contributed by atoms with Crippen LogP contribution in [-0.4, -0.2) is 34.0 Å². The van der Waals surface area contributed by atoms with Crippen molar-refractivity contribution in [3.05, 3.63) is 48.0 Å². The van der Waals surface area contributed by atoms with Crippen molar-refractivity contribution in [1.82, 2.24) is 15.4 Å². The molecule has 24 heavy (non-hydrogen) atoms. The Morgan fingerprint density at radius 2 is 1.88 bits per heavy atom. The van der Waals surface area contributed by atoms with Crippen molar-refractivity contribution in [2.24, 2.45) is 4.99 Å². The molecule has 1 rings (SSSR count). The molecule has 0 spiro atoms. The van der Waals surface area contributed by atoms with E-state index in [-0.39, 0.29) is 35.8 Å². The van der Waals surface area contributed by atoms with E-state index in [1.54, 1.807) is 27.0 Å². The fourth-order valence-corrected chi connectivity index (χ4v) is 3.54. The zero-order valence-corrected chi connectivity index (χ0v) is 17.5. The fourth-order valence-electron chi connectivity index (χ4n) is 2.04. The van der Waals surface area contributed by atoms with Crippen LogP contribution in [0.4, 0.5) is 0 Å². The number of aliphatic imine (C=N–C) groups is 1. The molecule has 0 aliphatic carbocycles. The van der Waals surface area contributed by atoms with Crippen molar-refractivity contribution in [2.75, 3.05) is 13.6 Å². The average molecular weight is 466 g/mol. The largest absolute Gasteiger partial charge is 0.353 e. The standard InChI is InChI=1S/C16H26N4O2S.HI/c1-5-10-18-16(17-4)19-11-14-8-6-7-9-15(14)12-23(21,22)20-13(2)3;/h5-9,13,20H,1,10-12H2,2-4H3,(H2,17,18,19);1H. The molecule has 0 aromatic heterocycles. The van der Waals surface area contributed by atoms with Gasteiger partial charge < -0.3 is 10.6 Å². The lowest BCUT2D eigenvalue weighted by atomic mass is 10.1. The van der Waals surface area contributed by atoms with Crippen LogP contribution < -0.4 is 15.4 Å². The molecule has 0 unspecified atom stereocenters. The van der Waals surface area contributed by atoms with E-state index in [4.69, 9.17) is 0 Å². The Bertz CT molecular complexity index is 645. The second-order valence-corrected chi connectivity index (χ2v) is 7.15. The van der Waals surface area contributed by atoms with E-state index in [2.05, 4.69) is 26.9 Å². The summed E-state index contributed by atoms with van der Waals surface area (Å²) in [5.41, 5.74) is 1.69. The molecular formula is C16H27IN4O2S. The first-order chi connectivity index (χ1) is 10.9. The lowest BCUT2D eigenvalue weighted by Crippen LogP contribution is -2.37. The van der Waals surface area contributed by atoms with Crippen LogP contribution in [0.1, 0.15) is 25.0 Å². The SMILES string of the molecule is C=CCNC(=NC)NCc1ccccc1CS(=O)(=O)NC(C)C.I. The van der Waals surface area contributed by atoms with E-state index in [9.17, 15) is 8.42 Å². The molecule has 0 heterocycles. The maximum absolute atomic E-state index is 12.1. The van der Waals surface area contributed by atoms with Gasteiger partial charge in [0.15, 0.2) is 5.96 Å². The number of guanidine groups is 1. The first-order valence-electron chi connectivity index (χ1n) is 7.50. The number of sulfonamides is 1. The summed E-state index contributed by atoms with van der Waals surface area (Å²) in [6.07, 6.45) is 1.74. The summed E-state index contributed by atoms with van der Waals surface area (Å²) in [4.78, 5) is 4.10. The third kappa shape index (κ3) is 8.65. The highest BCUT2D eigenvalue weighted by molar-refractivity contribution is 14.0. The Balaban J connectivity index is 0.00000529. The fraction of sp³-hybridized carbons (Fsp3) is 0.438. The number of hydrogen-bond donors (Lipinski definition) is 3. The highest BCUT2D eigenvalue weighted by Gasteiger charge is 2.15. The van der Waals surface area contributed by atoms with Crippen LogP contribution in [0.5, 0.6) is 0 Å². The first-order valence-corrected chi connectivity index (χ1v) is 9.15. The quantitative estimate of drug-likeness (QED) is 0.237. The molecule has 8 heteroatoms. The zero-order valence-electron chi connectivity index (χ0n) is 14.4. The molecule has 0 fully saturated rings. The van der Waals surface area contributed by atoms with Crippen molar-refractivity contribution in [3.8, 4) is 0 Å². The molecular weight excluding hydrogens is 439 g/mol. The molecule has 0 saturated heterocycles. The summed E-state index contributed by atoms with van der Waals surface area (Å²) in [5.74, 6) is 0.602. The number of benzene rings is 1. The zero-order chi connectivity index (χ0) is 17.3. The summed E-state index contributed by atoms with van der Waals surface area (Å²) < 4.78 is 26.8. The van der Waals surface area contributed by atoms with Gasteiger partial charge in [-0.15, -0.1) is 30.6 Å². The van der Waals surface area contributed by atoms with Gasteiger partial charge in [0.05, 0.1) is 5.75 Å². The molecule has 3 N–H and O–H groups in total. The molecule has 0 saturated carbocycles. The normalized spacial score (nSPS) is 11.8. The Morgan fingerprint density at radius 3 is 2.42 bits per heavy atom. The van der Waals surface area contributed by atoms with Crippen LogP contribution in [0.25, 0.3) is 0 Å². The summed E-state index contributed by atoms with van der Waals surface area (Å²) in [6, 6.07) is 7.36. The van der Waals surface area contributed by atoms with Gasteiger partial charge in [-0.05, 0) is 25.0 Å². The predicted molar refractivity (Wildman–Crippen MR) is 111 cm³/mol. The van der Waals surface area contributed by atoms with Gasteiger partial charge in [0.1, 0.15) is 0 Å². The molecule has 0 bridgehead atoms. The maximum atomic E-state index is 12.1. The van der Waals surface area contributed by atoms with Gasteiger partial charge >= 0.3 is 0 Å². The molecule has 6 nitrogen and oxygen atoms in total. The van der Waals surface area contributed by atoms with Crippen LogP contribution in [0.2, 0.25) is 0 Å². The minimum absolute atomic E-state index is 0. The van der Waals surface area contributed by atoms with Crippen LogP contribution in [0.15, 0.2) is 41.9 Å². The summed E-state index contributed by atoms with van der Waals surface area (Å²) in [5, 5.41) is 6.24. The van der Waals surface area contributed by atoms with E-state index < -0.39 is 10.0 Å². The Kier molecular flexibility index (Phi) is 10.9. The average Bonchev–Trinajstić information content (AvgIpc) is 2.47. The number of halogens is 1. The topological polar surface area (TPSA) is 82.6 Å². The van der Waals surface area contributed by atoms with Crippen molar-refractivity contribution < 1.29 is 8.42 Å². The van der Waals surface area contributed by atoms with Gasteiger partial charge in [0.2, 0.25) is 10.0 Å². The van der Waals surface area contributed by atoms with Gasteiger partial charge in [0.25, 0.3) is 0 Å². The molecule has 136 valence electrons. The molecule has 0 amide bonds. The van der Waals surface area contributed by atoms with E-state index in [1.165, 1.54) is 0 Å². The number of nitrogens with zero attached hydrogens (tertiary/aromatic N) is 1. The van der Waals surface area contributed by atoms with Crippen molar-refractivity contribution in [1.29, 1.82) is 0 Å². The molecule has 1 aromatic rings. The van der Waals surface area contributed by atoms with Crippen molar-refractivity contribution in [3.63, 3.8) is 0 Å². The highest BCUT2D eigenvalue weighted by Crippen LogP contribution is 2.12. The summed E-state index contributed by atoms with van der Waals surface area (Å²) >= 11 is 0. The smallest absolute Gasteiger partial charge is 0.216 e. The molecule has 0 aliphatic rings. The number of nitrogens with one attached hydrogen (secondary N) is 3. The van der Waals surface area contributed by atoms with Gasteiger partial charge in [-0.1, -0.05) is 30.3 Å². The van der Waals surface area contributed by atoms with Crippen LogP contribution >= 0.6 is 24.0 Å². The third-order valence-corrected chi connectivity index (χ3v) is 4.48. The lowest BCUT2D eigenvalue weighted by Gasteiger charge is -2.15. The van der Waals surface area contributed by atoms with Crippen LogP contribution in [0, 0.1) is 0 Å². The van der Waals surface area contributed by atoms with Gasteiger partial charge in [-0.2, -0.15) is 0 Å². The molecule has 0 aliphatic heterocycles. The number of rotatable bonds is 8. The Labute approximate surface area is 162 Å². The third-order valence-electron chi connectivity index (χ3n) is 2.96. The molecule has 1 aromatic carbocycles. The van der Waals surface area contributed by atoms with Crippen LogP contribution in [-0.2, 0) is 22.3 Å². The highest BCUT2D eigenvalue weighted by atomic mass is 127. The summed E-state index contributed by atoms with van der Waals surface area (Å²) in [7, 11) is -1.67. The van der Waals surface area contributed by atoms with E-state index >= 15 is 0 Å². The Morgan fingerprint density at radius 1 is 1.25 bits per heavy atom. The molecule has 0 radical (unpaired) electrons. The van der Waals surface area contributed by atoms with E-state index in [0.29, 0.717) is 19.0 Å². The van der Waals surface area contributed by atoms with Crippen LogP contribution in [0.3, 0.4) is 0 Å². The first kappa shape index (κ1) is 22.9. The Hall–Kier alpha value is -1.13. The second kappa shape index (κ2) is 11.4. The van der Waals surface area contributed by atoms with Gasteiger partial charge in [-0.3, -0.25) is 4.99 Å².